The van der Waals surface area contributed by atoms with Gasteiger partial charge in [0, 0.05) is 37.5 Å². The summed E-state index contributed by atoms with van der Waals surface area (Å²) >= 11 is 1.47. The van der Waals surface area contributed by atoms with E-state index in [0.717, 1.165) is 70.3 Å². The summed E-state index contributed by atoms with van der Waals surface area (Å²) in [5.74, 6) is 0.744. The molecule has 1 atom stereocenters. The monoisotopic (exact) mass is 990 g/mol. The Morgan fingerprint density at radius 2 is 0.746 bits per heavy atom. The second-order valence-electron chi connectivity index (χ2n) is 19.2. The van der Waals surface area contributed by atoms with Gasteiger partial charge in [-0.05, 0) is 39.2 Å². The van der Waals surface area contributed by atoms with Crippen LogP contribution < -0.4 is 5.32 Å². The number of hydrogen-bond acceptors (Lipinski definition) is 10. The predicted molar refractivity (Wildman–Crippen MR) is 291 cm³/mol. The van der Waals surface area contributed by atoms with Crippen molar-refractivity contribution >= 4 is 25.7 Å². The first-order valence-electron chi connectivity index (χ1n) is 29.1. The van der Waals surface area contributed by atoms with Crippen LogP contribution in [0.5, 0.6) is 0 Å². The highest BCUT2D eigenvalue weighted by Gasteiger charge is 2.41. The molecule has 0 radical (unpaired) electrons. The minimum atomic E-state index is -3.16. The molecule has 9 nitrogen and oxygen atoms in total. The summed E-state index contributed by atoms with van der Waals surface area (Å²) in [7, 11) is -1.12. The Balaban J connectivity index is 5.01. The van der Waals surface area contributed by atoms with Crippen LogP contribution in [0.1, 0.15) is 259 Å². The molecule has 0 aliphatic carbocycles. The van der Waals surface area contributed by atoms with Gasteiger partial charge in [-0.2, -0.15) is 0 Å². The lowest BCUT2D eigenvalue weighted by molar-refractivity contribution is -0.111. The smallest absolute Gasteiger partial charge is 0.379 e. The SMILES string of the molecule is CCCCCCCCCCCCCCCCCCC(CO[Si](CCCSC(=O)CCCCCCCCCCCCCCC)(OCCOCCOCCCC)OCCOCCOCCCC)NC. The van der Waals surface area contributed by atoms with Gasteiger partial charge in [-0.3, -0.25) is 4.79 Å². The topological polar surface area (TPSA) is 93.7 Å². The number of carbonyl (C=O) groups is 1. The van der Waals surface area contributed by atoms with Crippen LogP contribution in [0.2, 0.25) is 6.04 Å². The summed E-state index contributed by atoms with van der Waals surface area (Å²) in [6.45, 7) is 14.9. The Morgan fingerprint density at radius 3 is 1.13 bits per heavy atom. The largest absolute Gasteiger partial charge is 0.501 e. The molecular weight excluding hydrogens is 875 g/mol. The summed E-state index contributed by atoms with van der Waals surface area (Å²) in [5, 5.41) is 3.83. The second-order valence-corrected chi connectivity index (χ2v) is 23.1. The number of hydrogen-bond donors (Lipinski definition) is 1. The Bertz CT molecular complexity index is 933. The summed E-state index contributed by atoms with van der Waals surface area (Å²) in [5.41, 5.74) is 0. The average Bonchev–Trinajstić information content (AvgIpc) is 3.34. The molecule has 0 saturated heterocycles. The molecular formula is C56H115NO8SSi. The maximum absolute atomic E-state index is 12.9. The molecule has 0 aliphatic heterocycles. The van der Waals surface area contributed by atoms with Gasteiger partial charge in [0.15, 0.2) is 5.12 Å². The maximum atomic E-state index is 12.9. The van der Waals surface area contributed by atoms with Gasteiger partial charge in [0.25, 0.3) is 0 Å². The van der Waals surface area contributed by atoms with Gasteiger partial charge in [-0.1, -0.05) is 232 Å². The van der Waals surface area contributed by atoms with E-state index in [1.807, 2.05) is 7.05 Å². The minimum absolute atomic E-state index is 0.218. The Morgan fingerprint density at radius 1 is 0.403 bits per heavy atom. The van der Waals surface area contributed by atoms with Gasteiger partial charge in [0.2, 0.25) is 0 Å². The zero-order valence-corrected chi connectivity index (χ0v) is 47.2. The fraction of sp³-hybridized carbons (Fsp3) is 0.982. The fourth-order valence-corrected chi connectivity index (χ4v) is 11.9. The van der Waals surface area contributed by atoms with Crippen molar-refractivity contribution in [3.8, 4) is 0 Å². The highest BCUT2D eigenvalue weighted by molar-refractivity contribution is 8.13. The van der Waals surface area contributed by atoms with Gasteiger partial charge in [0.1, 0.15) is 0 Å². The standard InChI is InChI=1S/C56H115NO8SSi/c1-6-10-14-16-18-20-22-24-25-26-28-29-31-33-35-37-40-55(57-5)54-65-67(63-50-48-61-46-44-59-42-12-8-3,64-51-49-62-47-45-60-43-13-9-4)53-39-52-66-56(58)41-38-36-34-32-30-27-23-21-19-17-15-11-7-2/h55,57H,6-54H2,1-5H3. The van der Waals surface area contributed by atoms with Gasteiger partial charge in [-0.25, -0.2) is 0 Å². The van der Waals surface area contributed by atoms with Gasteiger partial charge < -0.3 is 37.5 Å². The molecule has 0 rings (SSSR count). The van der Waals surface area contributed by atoms with Crippen LogP contribution in [-0.4, -0.2) is 105 Å². The van der Waals surface area contributed by atoms with Crippen molar-refractivity contribution < 1.29 is 37.0 Å². The highest BCUT2D eigenvalue weighted by atomic mass is 32.2. The molecule has 402 valence electrons. The molecule has 0 heterocycles. The van der Waals surface area contributed by atoms with Crippen LogP contribution >= 0.6 is 11.8 Å². The van der Waals surface area contributed by atoms with E-state index in [2.05, 4.69) is 33.0 Å². The number of unbranched alkanes of at least 4 members (excludes halogenated alkanes) is 29. The maximum Gasteiger partial charge on any atom is 0.501 e. The first-order valence-corrected chi connectivity index (χ1v) is 32.0. The summed E-state index contributed by atoms with van der Waals surface area (Å²) in [4.78, 5) is 12.9. The normalized spacial score (nSPS) is 12.4. The molecule has 0 spiro atoms. The summed E-state index contributed by atoms with van der Waals surface area (Å²) in [6, 6.07) is 0.872. The van der Waals surface area contributed by atoms with E-state index in [1.165, 1.54) is 185 Å². The molecule has 0 aromatic rings. The van der Waals surface area contributed by atoms with Crippen molar-refractivity contribution in [2.75, 3.05) is 85.5 Å². The van der Waals surface area contributed by atoms with Crippen molar-refractivity contribution in [2.24, 2.45) is 0 Å². The lowest BCUT2D eigenvalue weighted by Crippen LogP contribution is -2.50. The van der Waals surface area contributed by atoms with Gasteiger partial charge in [0.05, 0.1) is 59.5 Å². The summed E-state index contributed by atoms with van der Waals surface area (Å²) in [6.07, 6.45) is 46.0. The van der Waals surface area contributed by atoms with Crippen LogP contribution in [0.15, 0.2) is 0 Å². The number of rotatable bonds is 59. The Labute approximate surface area is 422 Å². The molecule has 0 aliphatic rings. The van der Waals surface area contributed by atoms with Crippen molar-refractivity contribution in [3.05, 3.63) is 0 Å². The number of carbonyl (C=O) groups excluding carboxylic acids is 1. The molecule has 1 N–H and O–H groups in total. The third-order valence-electron chi connectivity index (χ3n) is 12.8. The van der Waals surface area contributed by atoms with Crippen LogP contribution in [-0.2, 0) is 37.0 Å². The fourth-order valence-electron chi connectivity index (χ4n) is 8.30. The van der Waals surface area contributed by atoms with E-state index in [9.17, 15) is 4.79 Å². The predicted octanol–water partition coefficient (Wildman–Crippen LogP) is 16.0. The van der Waals surface area contributed by atoms with Gasteiger partial charge >= 0.3 is 8.80 Å². The van der Waals surface area contributed by atoms with Crippen molar-refractivity contribution in [2.45, 2.75) is 271 Å². The first kappa shape index (κ1) is 66.9. The third-order valence-corrected chi connectivity index (χ3v) is 16.7. The highest BCUT2D eigenvalue weighted by Crippen LogP contribution is 2.23. The zero-order chi connectivity index (χ0) is 48.7. The first-order chi connectivity index (χ1) is 33.1. The lowest BCUT2D eigenvalue weighted by Gasteiger charge is -2.31. The van der Waals surface area contributed by atoms with E-state index in [-0.39, 0.29) is 6.04 Å². The quantitative estimate of drug-likeness (QED) is 0.0469. The lowest BCUT2D eigenvalue weighted by atomic mass is 10.0. The van der Waals surface area contributed by atoms with E-state index in [0.29, 0.717) is 77.0 Å². The third kappa shape index (κ3) is 50.6. The molecule has 67 heavy (non-hydrogen) atoms. The van der Waals surface area contributed by atoms with E-state index in [1.54, 1.807) is 0 Å². The van der Waals surface area contributed by atoms with Crippen molar-refractivity contribution in [1.29, 1.82) is 0 Å². The van der Waals surface area contributed by atoms with E-state index < -0.39 is 8.80 Å². The Kier molecular flexibility index (Phi) is 56.8. The second kappa shape index (κ2) is 56.8. The molecule has 0 aromatic carbocycles. The number of thioether (sulfide) groups is 1. The number of likely N-dealkylation sites (N-methyl/N-ethyl adjacent to an activating group) is 1. The molecule has 0 bridgehead atoms. The molecule has 1 unspecified atom stereocenters. The molecule has 0 fully saturated rings. The summed E-state index contributed by atoms with van der Waals surface area (Å²) < 4.78 is 43.4. The molecule has 0 saturated carbocycles. The van der Waals surface area contributed by atoms with Crippen molar-refractivity contribution in [3.63, 3.8) is 0 Å². The average molecular weight is 991 g/mol. The zero-order valence-electron chi connectivity index (χ0n) is 45.4. The van der Waals surface area contributed by atoms with E-state index >= 15 is 0 Å². The van der Waals surface area contributed by atoms with Gasteiger partial charge in [-0.15, -0.1) is 0 Å². The molecule has 0 aromatic heterocycles. The van der Waals surface area contributed by atoms with Crippen LogP contribution in [0.3, 0.4) is 0 Å². The van der Waals surface area contributed by atoms with Crippen LogP contribution in [0.25, 0.3) is 0 Å². The molecule has 0 amide bonds. The van der Waals surface area contributed by atoms with Crippen LogP contribution in [0.4, 0.5) is 0 Å². The molecule has 11 heteroatoms. The minimum Gasteiger partial charge on any atom is -0.379 e. The Hall–Kier alpha value is -0.0831. The van der Waals surface area contributed by atoms with Crippen LogP contribution in [0, 0.1) is 0 Å². The van der Waals surface area contributed by atoms with Crippen molar-refractivity contribution in [1.82, 2.24) is 5.32 Å². The number of nitrogens with one attached hydrogen (secondary N) is 1. The van der Waals surface area contributed by atoms with E-state index in [4.69, 9.17) is 32.2 Å². The number of ether oxygens (including phenoxy) is 4.